The quantitative estimate of drug-likeness (QED) is 0.566. The summed E-state index contributed by atoms with van der Waals surface area (Å²) in [5.41, 5.74) is 3.20. The second-order valence-corrected chi connectivity index (χ2v) is 6.77. The molecule has 0 radical (unpaired) electrons. The van der Waals surface area contributed by atoms with Crippen LogP contribution >= 0.6 is 0 Å². The van der Waals surface area contributed by atoms with Crippen molar-refractivity contribution in [2.75, 3.05) is 0 Å². The first kappa shape index (κ1) is 13.5. The largest absolute Gasteiger partial charge is 0.508 e. The number of benzene rings is 2. The standard InChI is InChI=1S/C20H16O4/c21-17-13-8-11-5-4-9-2-1-3-10-6-7-12(15(11)14(9)10)16(13)18(22)20(24)19(17)23/h1-7,11,13,16,21-24H,8H2. The number of fused-ring (bicyclic) bond motifs is 2. The first-order valence-electron chi connectivity index (χ1n) is 8.06. The lowest BCUT2D eigenvalue weighted by Crippen LogP contribution is -2.31. The molecule has 0 saturated heterocycles. The third-order valence-corrected chi connectivity index (χ3v) is 5.63. The third kappa shape index (κ3) is 1.48. The van der Waals surface area contributed by atoms with Crippen molar-refractivity contribution in [3.63, 3.8) is 0 Å². The lowest BCUT2D eigenvalue weighted by molar-refractivity contribution is 0.171. The molecule has 3 unspecified atom stereocenters. The van der Waals surface area contributed by atoms with E-state index in [-0.39, 0.29) is 17.4 Å². The highest BCUT2D eigenvalue weighted by Gasteiger charge is 2.45. The molecule has 4 nitrogen and oxygen atoms in total. The monoisotopic (exact) mass is 320 g/mol. The summed E-state index contributed by atoms with van der Waals surface area (Å²) < 4.78 is 0. The molecule has 0 heterocycles. The van der Waals surface area contributed by atoms with E-state index in [4.69, 9.17) is 0 Å². The molecule has 3 aliphatic carbocycles. The van der Waals surface area contributed by atoms with Gasteiger partial charge in [0.25, 0.3) is 0 Å². The molecular formula is C20H16O4. The molecule has 5 rings (SSSR count). The molecule has 0 aliphatic heterocycles. The number of hydrogen-bond acceptors (Lipinski definition) is 4. The second kappa shape index (κ2) is 4.35. The van der Waals surface area contributed by atoms with Gasteiger partial charge in [0, 0.05) is 11.8 Å². The minimum Gasteiger partial charge on any atom is -0.508 e. The third-order valence-electron chi connectivity index (χ3n) is 5.63. The van der Waals surface area contributed by atoms with Crippen LogP contribution in [-0.2, 0) is 0 Å². The van der Waals surface area contributed by atoms with Crippen molar-refractivity contribution in [2.45, 2.75) is 18.3 Å². The maximum Gasteiger partial charge on any atom is 0.200 e. The number of aliphatic hydroxyl groups is 4. The topological polar surface area (TPSA) is 80.9 Å². The van der Waals surface area contributed by atoms with Gasteiger partial charge in [-0.3, -0.25) is 0 Å². The molecule has 2 aromatic carbocycles. The van der Waals surface area contributed by atoms with Crippen LogP contribution in [0.3, 0.4) is 0 Å². The molecule has 3 atom stereocenters. The van der Waals surface area contributed by atoms with Crippen LogP contribution in [0.15, 0.2) is 59.4 Å². The van der Waals surface area contributed by atoms with Gasteiger partial charge in [-0.2, -0.15) is 0 Å². The lowest BCUT2D eigenvalue weighted by Gasteiger charge is -2.40. The number of allylic oxidation sites excluding steroid dienone is 3. The van der Waals surface area contributed by atoms with Crippen molar-refractivity contribution >= 4 is 16.8 Å². The summed E-state index contributed by atoms with van der Waals surface area (Å²) in [6.45, 7) is 0. The van der Waals surface area contributed by atoms with Gasteiger partial charge >= 0.3 is 0 Å². The first-order chi connectivity index (χ1) is 11.6. The SMILES string of the molecule is OC1=C(O)C2CC3C=Cc4cccc5ccc(c3c45)C2C(O)=C1O. The summed E-state index contributed by atoms with van der Waals surface area (Å²) >= 11 is 0. The summed E-state index contributed by atoms with van der Waals surface area (Å²) in [5, 5.41) is 43.0. The average molecular weight is 320 g/mol. The maximum absolute atomic E-state index is 10.5. The summed E-state index contributed by atoms with van der Waals surface area (Å²) in [7, 11) is 0. The van der Waals surface area contributed by atoms with Gasteiger partial charge in [0.15, 0.2) is 11.5 Å². The Hall–Kier alpha value is -2.88. The van der Waals surface area contributed by atoms with Crippen molar-refractivity contribution in [1.29, 1.82) is 0 Å². The maximum atomic E-state index is 10.5. The highest BCUT2D eigenvalue weighted by Crippen LogP contribution is 2.54. The van der Waals surface area contributed by atoms with Crippen LogP contribution in [-0.4, -0.2) is 20.4 Å². The van der Waals surface area contributed by atoms with Crippen molar-refractivity contribution < 1.29 is 20.4 Å². The van der Waals surface area contributed by atoms with Crippen molar-refractivity contribution in [3.8, 4) is 0 Å². The van der Waals surface area contributed by atoms with Crippen LogP contribution in [0.2, 0.25) is 0 Å². The highest BCUT2D eigenvalue weighted by molar-refractivity contribution is 5.97. The van der Waals surface area contributed by atoms with Crippen LogP contribution in [0, 0.1) is 5.92 Å². The summed E-state index contributed by atoms with van der Waals surface area (Å²) in [4.78, 5) is 0. The molecular weight excluding hydrogens is 304 g/mol. The predicted molar refractivity (Wildman–Crippen MR) is 91.1 cm³/mol. The van der Waals surface area contributed by atoms with Gasteiger partial charge in [-0.15, -0.1) is 0 Å². The predicted octanol–water partition coefficient (Wildman–Crippen LogP) is 4.72. The molecule has 0 amide bonds. The van der Waals surface area contributed by atoms with E-state index < -0.39 is 23.4 Å². The van der Waals surface area contributed by atoms with Crippen LogP contribution in [0.4, 0.5) is 0 Å². The molecule has 0 saturated carbocycles. The Morgan fingerprint density at radius 3 is 2.50 bits per heavy atom. The van der Waals surface area contributed by atoms with Crippen molar-refractivity contribution in [1.82, 2.24) is 0 Å². The fraction of sp³-hybridized carbons (Fsp3) is 0.200. The Balaban J connectivity index is 1.85. The fourth-order valence-corrected chi connectivity index (χ4v) is 4.57. The molecule has 24 heavy (non-hydrogen) atoms. The normalized spacial score (nSPS) is 27.6. The molecule has 2 aromatic rings. The minimum atomic E-state index is -0.626. The molecule has 4 heteroatoms. The zero-order valence-corrected chi connectivity index (χ0v) is 12.8. The summed E-state index contributed by atoms with van der Waals surface area (Å²) in [6.07, 6.45) is 4.80. The highest BCUT2D eigenvalue weighted by atomic mass is 16.4. The van der Waals surface area contributed by atoms with Gasteiger partial charge < -0.3 is 20.4 Å². The Labute approximate surface area is 138 Å². The molecule has 4 N–H and O–H groups in total. The van der Waals surface area contributed by atoms with Crippen LogP contribution < -0.4 is 0 Å². The Kier molecular flexibility index (Phi) is 2.46. The van der Waals surface area contributed by atoms with Crippen LogP contribution in [0.5, 0.6) is 0 Å². The van der Waals surface area contributed by atoms with Gasteiger partial charge in [0.1, 0.15) is 11.5 Å². The molecule has 0 bridgehead atoms. The van der Waals surface area contributed by atoms with Gasteiger partial charge in [0.05, 0.1) is 5.92 Å². The van der Waals surface area contributed by atoms with E-state index in [1.54, 1.807) is 0 Å². The number of hydrogen-bond donors (Lipinski definition) is 4. The Morgan fingerprint density at radius 2 is 1.67 bits per heavy atom. The average Bonchev–Trinajstić information content (AvgIpc) is 2.62. The molecule has 0 spiro atoms. The van der Waals surface area contributed by atoms with Crippen molar-refractivity contribution in [2.24, 2.45) is 5.92 Å². The van der Waals surface area contributed by atoms with Gasteiger partial charge in [-0.05, 0) is 33.9 Å². The van der Waals surface area contributed by atoms with E-state index in [9.17, 15) is 20.4 Å². The summed E-state index contributed by atoms with van der Waals surface area (Å²) in [6, 6.07) is 10.1. The second-order valence-electron chi connectivity index (χ2n) is 6.77. The smallest absolute Gasteiger partial charge is 0.200 e. The van der Waals surface area contributed by atoms with Crippen LogP contribution in [0.1, 0.15) is 34.9 Å². The van der Waals surface area contributed by atoms with Crippen molar-refractivity contribution in [3.05, 3.63) is 76.1 Å². The number of rotatable bonds is 0. The van der Waals surface area contributed by atoms with E-state index in [0.717, 1.165) is 22.1 Å². The van der Waals surface area contributed by atoms with E-state index >= 15 is 0 Å². The van der Waals surface area contributed by atoms with Gasteiger partial charge in [-0.1, -0.05) is 42.5 Å². The Morgan fingerprint density at radius 1 is 0.875 bits per heavy atom. The summed E-state index contributed by atoms with van der Waals surface area (Å²) in [5.74, 6) is -2.60. The van der Waals surface area contributed by atoms with E-state index in [1.165, 1.54) is 5.39 Å². The zero-order chi connectivity index (χ0) is 16.6. The molecule has 120 valence electrons. The lowest BCUT2D eigenvalue weighted by atomic mass is 9.64. The number of aliphatic hydroxyl groups excluding tert-OH is 4. The van der Waals surface area contributed by atoms with E-state index in [1.807, 2.05) is 18.2 Å². The van der Waals surface area contributed by atoms with E-state index in [0.29, 0.717) is 6.42 Å². The fourth-order valence-electron chi connectivity index (χ4n) is 4.57. The molecule has 3 aliphatic rings. The molecule has 0 fully saturated rings. The minimum absolute atomic E-state index is 0.114. The van der Waals surface area contributed by atoms with Crippen LogP contribution in [0.25, 0.3) is 16.8 Å². The van der Waals surface area contributed by atoms with Gasteiger partial charge in [-0.25, -0.2) is 0 Å². The molecule has 0 aromatic heterocycles. The first-order valence-corrected chi connectivity index (χ1v) is 8.06. The zero-order valence-electron chi connectivity index (χ0n) is 12.8. The van der Waals surface area contributed by atoms with Gasteiger partial charge in [0.2, 0.25) is 0 Å². The Bertz CT molecular complexity index is 996. The van der Waals surface area contributed by atoms with E-state index in [2.05, 4.69) is 24.3 Å².